The third-order valence-electron chi connectivity index (χ3n) is 5.79. The Balaban J connectivity index is 1.74. The van der Waals surface area contributed by atoms with Crippen molar-refractivity contribution in [2.75, 3.05) is 12.8 Å². The van der Waals surface area contributed by atoms with Gasteiger partial charge in [0.2, 0.25) is 0 Å². The smallest absolute Gasteiger partial charge is 0.416 e. The highest BCUT2D eigenvalue weighted by Crippen LogP contribution is 2.36. The maximum absolute atomic E-state index is 13.5. The van der Waals surface area contributed by atoms with Crippen LogP contribution in [0.2, 0.25) is 0 Å². The number of alkyl halides is 3. The van der Waals surface area contributed by atoms with Gasteiger partial charge in [-0.25, -0.2) is 8.42 Å². The maximum Gasteiger partial charge on any atom is 0.416 e. The van der Waals surface area contributed by atoms with Crippen molar-refractivity contribution in [1.82, 2.24) is 9.47 Å². The third kappa shape index (κ3) is 4.51. The molecular formula is C24H25F3N2O4S. The minimum absolute atomic E-state index is 0.00538. The summed E-state index contributed by atoms with van der Waals surface area (Å²) >= 11 is 0. The van der Waals surface area contributed by atoms with E-state index in [-0.39, 0.29) is 41.4 Å². The molecule has 0 bridgehead atoms. The molecule has 1 aliphatic rings. The van der Waals surface area contributed by atoms with Crippen LogP contribution >= 0.6 is 0 Å². The monoisotopic (exact) mass is 494 g/mol. The number of nitrogens with zero attached hydrogens (tertiary/aromatic N) is 2. The Morgan fingerprint density at radius 3 is 2.44 bits per heavy atom. The van der Waals surface area contributed by atoms with Crippen LogP contribution in [0.1, 0.15) is 48.4 Å². The van der Waals surface area contributed by atoms with Gasteiger partial charge in [0.1, 0.15) is 5.75 Å². The van der Waals surface area contributed by atoms with E-state index in [2.05, 4.69) is 0 Å². The van der Waals surface area contributed by atoms with E-state index < -0.39 is 27.5 Å². The van der Waals surface area contributed by atoms with Crippen LogP contribution in [-0.4, -0.2) is 42.7 Å². The standard InChI is InChI=1S/C24H25F3N2O4S/c1-14(2)33-22-8-7-19(34(4,31)32)11-20(22)23(30)28-12-15(3)29-18(13-28)9-16-5-6-17(10-21(16)29)24(25,26)27/h5-11,14-15H,12-13H2,1-4H3. The van der Waals surface area contributed by atoms with E-state index in [0.717, 1.165) is 18.4 Å². The van der Waals surface area contributed by atoms with Crippen molar-refractivity contribution in [3.05, 3.63) is 59.3 Å². The van der Waals surface area contributed by atoms with Gasteiger partial charge in [-0.15, -0.1) is 0 Å². The summed E-state index contributed by atoms with van der Waals surface area (Å²) in [4.78, 5) is 15.1. The van der Waals surface area contributed by atoms with E-state index in [1.807, 2.05) is 11.5 Å². The molecule has 1 atom stereocenters. The molecule has 0 aliphatic carbocycles. The first-order valence-electron chi connectivity index (χ1n) is 10.8. The van der Waals surface area contributed by atoms with Crippen LogP contribution in [-0.2, 0) is 22.6 Å². The second-order valence-electron chi connectivity index (χ2n) is 8.91. The summed E-state index contributed by atoms with van der Waals surface area (Å²) in [7, 11) is -3.55. The van der Waals surface area contributed by atoms with E-state index in [1.54, 1.807) is 24.8 Å². The topological polar surface area (TPSA) is 68.6 Å². The van der Waals surface area contributed by atoms with Gasteiger partial charge >= 0.3 is 6.18 Å². The number of benzene rings is 2. The fourth-order valence-corrected chi connectivity index (χ4v) is 4.99. The predicted molar refractivity (Wildman–Crippen MR) is 122 cm³/mol. The van der Waals surface area contributed by atoms with E-state index in [9.17, 15) is 26.4 Å². The Morgan fingerprint density at radius 2 is 1.82 bits per heavy atom. The molecule has 1 amide bonds. The number of carbonyl (C=O) groups excluding carboxylic acids is 1. The molecule has 1 aliphatic heterocycles. The highest BCUT2D eigenvalue weighted by molar-refractivity contribution is 7.90. The van der Waals surface area contributed by atoms with Crippen molar-refractivity contribution in [1.29, 1.82) is 0 Å². The Hall–Kier alpha value is -3.01. The van der Waals surface area contributed by atoms with Crippen LogP contribution in [0.5, 0.6) is 5.75 Å². The molecule has 2 heterocycles. The fourth-order valence-electron chi connectivity index (χ4n) is 4.35. The van der Waals surface area contributed by atoms with Crippen LogP contribution in [0.4, 0.5) is 13.2 Å². The molecule has 0 spiro atoms. The molecule has 3 aromatic rings. The second-order valence-corrected chi connectivity index (χ2v) is 10.9. The zero-order valence-electron chi connectivity index (χ0n) is 19.2. The third-order valence-corrected chi connectivity index (χ3v) is 6.90. The van der Waals surface area contributed by atoms with Crippen molar-refractivity contribution in [3.8, 4) is 5.75 Å². The van der Waals surface area contributed by atoms with Gasteiger partial charge in [-0.1, -0.05) is 6.07 Å². The Bertz CT molecular complexity index is 1380. The summed E-state index contributed by atoms with van der Waals surface area (Å²) in [5.74, 6) is -0.124. The molecule has 4 rings (SSSR count). The summed E-state index contributed by atoms with van der Waals surface area (Å²) in [5, 5.41) is 0.659. The van der Waals surface area contributed by atoms with E-state index >= 15 is 0 Å². The van der Waals surface area contributed by atoms with Crippen LogP contribution in [0.25, 0.3) is 10.9 Å². The van der Waals surface area contributed by atoms with Crippen LogP contribution in [0.3, 0.4) is 0 Å². The van der Waals surface area contributed by atoms with Crippen molar-refractivity contribution in [2.24, 2.45) is 0 Å². The van der Waals surface area contributed by atoms with Gasteiger partial charge in [-0.2, -0.15) is 13.2 Å². The van der Waals surface area contributed by atoms with Gasteiger partial charge in [0, 0.05) is 30.1 Å². The molecule has 1 unspecified atom stereocenters. The quantitative estimate of drug-likeness (QED) is 0.508. The van der Waals surface area contributed by atoms with Crippen molar-refractivity contribution in [2.45, 2.75) is 50.5 Å². The first kappa shape index (κ1) is 24.1. The van der Waals surface area contributed by atoms with Gasteiger partial charge in [-0.05, 0) is 62.6 Å². The molecule has 2 aromatic carbocycles. The molecule has 0 radical (unpaired) electrons. The molecule has 182 valence electrons. The van der Waals surface area contributed by atoms with Crippen LogP contribution < -0.4 is 4.74 Å². The number of sulfone groups is 1. The summed E-state index contributed by atoms with van der Waals surface area (Å²) in [5.41, 5.74) is 0.576. The molecule has 6 nitrogen and oxygen atoms in total. The highest BCUT2D eigenvalue weighted by atomic mass is 32.2. The normalized spacial score (nSPS) is 16.7. The predicted octanol–water partition coefficient (Wildman–Crippen LogP) is 5.07. The molecule has 1 aromatic heterocycles. The maximum atomic E-state index is 13.5. The van der Waals surface area contributed by atoms with Gasteiger partial charge < -0.3 is 14.2 Å². The van der Waals surface area contributed by atoms with Crippen molar-refractivity contribution >= 4 is 26.6 Å². The van der Waals surface area contributed by atoms with Crippen molar-refractivity contribution in [3.63, 3.8) is 0 Å². The summed E-state index contributed by atoms with van der Waals surface area (Å²) in [6.07, 6.45) is -3.62. The molecule has 34 heavy (non-hydrogen) atoms. The van der Waals surface area contributed by atoms with E-state index in [0.29, 0.717) is 16.6 Å². The Morgan fingerprint density at radius 1 is 1.12 bits per heavy atom. The highest BCUT2D eigenvalue weighted by Gasteiger charge is 2.33. The molecule has 0 fully saturated rings. The molecule has 0 saturated heterocycles. The SMILES string of the molecule is CC(C)Oc1ccc(S(C)(=O)=O)cc1C(=O)N1Cc2cc3ccc(C(F)(F)F)cc3n2C(C)C1. The van der Waals surface area contributed by atoms with E-state index in [4.69, 9.17) is 4.74 Å². The first-order chi connectivity index (χ1) is 15.8. The number of carbonyl (C=O) groups is 1. The number of rotatable bonds is 4. The van der Waals surface area contributed by atoms with Gasteiger partial charge in [-0.3, -0.25) is 4.79 Å². The molecule has 0 saturated carbocycles. The number of ether oxygens (including phenoxy) is 1. The zero-order chi connectivity index (χ0) is 25.0. The lowest BCUT2D eigenvalue weighted by molar-refractivity contribution is -0.137. The fraction of sp³-hybridized carbons (Fsp3) is 0.375. The first-order valence-corrected chi connectivity index (χ1v) is 12.7. The molecule has 10 heteroatoms. The Labute approximate surface area is 195 Å². The molecule has 0 N–H and O–H groups in total. The van der Waals surface area contributed by atoms with Gasteiger partial charge in [0.05, 0.1) is 28.7 Å². The average Bonchev–Trinajstić information content (AvgIpc) is 3.09. The summed E-state index contributed by atoms with van der Waals surface area (Å²) in [6, 6.07) is 9.31. The van der Waals surface area contributed by atoms with Crippen molar-refractivity contribution < 1.29 is 31.1 Å². The number of fused-ring (bicyclic) bond motifs is 3. The van der Waals surface area contributed by atoms with E-state index in [1.165, 1.54) is 24.3 Å². The lowest BCUT2D eigenvalue weighted by atomic mass is 10.1. The number of aromatic nitrogens is 1. The minimum Gasteiger partial charge on any atom is -0.490 e. The lowest BCUT2D eigenvalue weighted by Gasteiger charge is -2.34. The average molecular weight is 495 g/mol. The van der Waals surface area contributed by atoms with Gasteiger partial charge in [0.15, 0.2) is 9.84 Å². The number of halogens is 3. The largest absolute Gasteiger partial charge is 0.490 e. The minimum atomic E-state index is -4.45. The summed E-state index contributed by atoms with van der Waals surface area (Å²) < 4.78 is 71.5. The zero-order valence-corrected chi connectivity index (χ0v) is 20.0. The van der Waals surface area contributed by atoms with Crippen LogP contribution in [0, 0.1) is 0 Å². The summed E-state index contributed by atoms with van der Waals surface area (Å²) in [6.45, 7) is 5.85. The Kier molecular flexibility index (Phi) is 5.91. The number of hydrogen-bond donors (Lipinski definition) is 0. The lowest BCUT2D eigenvalue weighted by Crippen LogP contribution is -2.40. The van der Waals surface area contributed by atoms with Gasteiger partial charge in [0.25, 0.3) is 5.91 Å². The number of amides is 1. The molecular weight excluding hydrogens is 469 g/mol. The number of hydrogen-bond acceptors (Lipinski definition) is 4. The van der Waals surface area contributed by atoms with Crippen LogP contribution in [0.15, 0.2) is 47.4 Å². The second kappa shape index (κ2) is 8.33.